The van der Waals surface area contributed by atoms with Gasteiger partial charge in [-0.05, 0) is 51.9 Å². The highest BCUT2D eigenvalue weighted by Crippen LogP contribution is 2.29. The van der Waals surface area contributed by atoms with Gasteiger partial charge in [0.2, 0.25) is 0 Å². The number of rotatable bonds is 1. The van der Waals surface area contributed by atoms with Crippen LogP contribution in [0.25, 0.3) is 10.9 Å². The highest BCUT2D eigenvalue weighted by molar-refractivity contribution is 6.34. The van der Waals surface area contributed by atoms with Gasteiger partial charge in [0.15, 0.2) is 5.15 Å². The molecule has 3 heterocycles. The third-order valence-corrected chi connectivity index (χ3v) is 4.73. The summed E-state index contributed by atoms with van der Waals surface area (Å²) >= 11 is 6.19. The average Bonchev–Trinajstić information content (AvgIpc) is 2.47. The van der Waals surface area contributed by atoms with Crippen LogP contribution in [0.5, 0.6) is 0 Å². The summed E-state index contributed by atoms with van der Waals surface area (Å²) < 4.78 is 1.67. The molecule has 0 amide bonds. The van der Waals surface area contributed by atoms with Crippen molar-refractivity contribution in [2.75, 3.05) is 20.1 Å². The highest BCUT2D eigenvalue weighted by atomic mass is 35.5. The lowest BCUT2D eigenvalue weighted by Gasteiger charge is -2.29. The molecule has 0 aliphatic carbocycles. The van der Waals surface area contributed by atoms with Crippen LogP contribution in [0.4, 0.5) is 0 Å². The molecule has 0 N–H and O–H groups in total. The summed E-state index contributed by atoms with van der Waals surface area (Å²) in [5.74, 6) is 0.300. The first-order valence-electron chi connectivity index (χ1n) is 7.20. The molecule has 3 rings (SSSR count). The van der Waals surface area contributed by atoms with E-state index < -0.39 is 0 Å². The number of hydrogen-bond donors (Lipinski definition) is 0. The smallest absolute Gasteiger partial charge is 0.254 e. The van der Waals surface area contributed by atoms with Crippen molar-refractivity contribution in [3.8, 4) is 0 Å². The van der Waals surface area contributed by atoms with Crippen molar-refractivity contribution >= 4 is 22.5 Å². The largest absolute Gasteiger partial charge is 0.309 e. The first kappa shape index (κ1) is 14.5. The van der Waals surface area contributed by atoms with Crippen LogP contribution in [0.15, 0.2) is 10.9 Å². The van der Waals surface area contributed by atoms with Crippen molar-refractivity contribution in [3.05, 3.63) is 32.8 Å². The van der Waals surface area contributed by atoms with Crippen LogP contribution in [-0.4, -0.2) is 39.8 Å². The van der Waals surface area contributed by atoms with Crippen LogP contribution in [0.3, 0.4) is 0 Å². The van der Waals surface area contributed by atoms with Crippen LogP contribution in [-0.2, 0) is 7.05 Å². The summed E-state index contributed by atoms with van der Waals surface area (Å²) in [5, 5.41) is 9.16. The van der Waals surface area contributed by atoms with Crippen LogP contribution >= 0.6 is 11.6 Å². The first-order chi connectivity index (χ1) is 9.99. The number of fused-ring (bicyclic) bond motifs is 1. The van der Waals surface area contributed by atoms with Gasteiger partial charge < -0.3 is 9.47 Å². The Morgan fingerprint density at radius 3 is 2.57 bits per heavy atom. The summed E-state index contributed by atoms with van der Waals surface area (Å²) in [7, 11) is 3.90. The van der Waals surface area contributed by atoms with Crippen molar-refractivity contribution in [1.82, 2.24) is 19.7 Å². The standard InChI is InChI=1S/C15H19ClN4O/c1-9-13-12(14(16)18-17-9)8-11(15(21)20(13)3)10-4-6-19(2)7-5-10/h8,10H,4-7H2,1-3H3. The summed E-state index contributed by atoms with van der Waals surface area (Å²) in [6, 6.07) is 1.93. The lowest BCUT2D eigenvalue weighted by atomic mass is 9.90. The third-order valence-electron chi connectivity index (χ3n) is 4.45. The molecule has 1 aliphatic rings. The average molecular weight is 307 g/mol. The minimum Gasteiger partial charge on any atom is -0.309 e. The van der Waals surface area contributed by atoms with Crippen LogP contribution in [0.2, 0.25) is 5.15 Å². The zero-order valence-electron chi connectivity index (χ0n) is 12.6. The topological polar surface area (TPSA) is 51.0 Å². The van der Waals surface area contributed by atoms with Crippen molar-refractivity contribution < 1.29 is 0 Å². The Bertz CT molecular complexity index is 747. The fraction of sp³-hybridized carbons (Fsp3) is 0.533. The second-order valence-electron chi connectivity index (χ2n) is 5.88. The molecular formula is C15H19ClN4O. The molecule has 112 valence electrons. The van der Waals surface area contributed by atoms with E-state index in [0.717, 1.165) is 48.1 Å². The molecule has 1 aliphatic heterocycles. The van der Waals surface area contributed by atoms with E-state index in [4.69, 9.17) is 11.6 Å². The van der Waals surface area contributed by atoms with Gasteiger partial charge >= 0.3 is 0 Å². The minimum atomic E-state index is 0.0595. The van der Waals surface area contributed by atoms with Crippen molar-refractivity contribution in [3.63, 3.8) is 0 Å². The third kappa shape index (κ3) is 2.45. The zero-order valence-corrected chi connectivity index (χ0v) is 13.3. The van der Waals surface area contributed by atoms with E-state index in [1.807, 2.05) is 13.0 Å². The summed E-state index contributed by atoms with van der Waals surface area (Å²) in [6.45, 7) is 3.89. The number of aryl methyl sites for hydroxylation is 2. The summed E-state index contributed by atoms with van der Waals surface area (Å²) in [6.07, 6.45) is 2.01. The fourth-order valence-electron chi connectivity index (χ4n) is 3.19. The number of piperidine rings is 1. The Morgan fingerprint density at radius 1 is 1.24 bits per heavy atom. The number of pyridine rings is 1. The van der Waals surface area contributed by atoms with E-state index in [2.05, 4.69) is 22.1 Å². The number of halogens is 1. The molecule has 0 spiro atoms. The summed E-state index contributed by atoms with van der Waals surface area (Å²) in [4.78, 5) is 15.0. The van der Waals surface area contributed by atoms with Crippen LogP contribution in [0.1, 0.15) is 30.0 Å². The maximum Gasteiger partial charge on any atom is 0.254 e. The Balaban J connectivity index is 2.19. The molecular weight excluding hydrogens is 288 g/mol. The van der Waals surface area contributed by atoms with Crippen molar-refractivity contribution in [2.24, 2.45) is 7.05 Å². The Hall–Kier alpha value is -1.46. The van der Waals surface area contributed by atoms with Crippen molar-refractivity contribution in [1.29, 1.82) is 0 Å². The Labute approximate surface area is 128 Å². The Kier molecular flexibility index (Phi) is 3.71. The van der Waals surface area contributed by atoms with Gasteiger partial charge in [0.1, 0.15) is 0 Å². The SMILES string of the molecule is Cc1nnc(Cl)c2cc(C3CCN(C)CC3)c(=O)n(C)c12. The monoisotopic (exact) mass is 306 g/mol. The second-order valence-corrected chi connectivity index (χ2v) is 6.24. The lowest BCUT2D eigenvalue weighted by molar-refractivity contribution is 0.254. The van der Waals surface area contributed by atoms with E-state index in [9.17, 15) is 4.79 Å². The van der Waals surface area contributed by atoms with E-state index in [1.54, 1.807) is 11.6 Å². The molecule has 1 saturated heterocycles. The van der Waals surface area contributed by atoms with Crippen LogP contribution in [0, 0.1) is 6.92 Å². The molecule has 6 heteroatoms. The summed E-state index contributed by atoms with van der Waals surface area (Å²) in [5.41, 5.74) is 2.41. The highest BCUT2D eigenvalue weighted by Gasteiger charge is 2.23. The number of likely N-dealkylation sites (tertiary alicyclic amines) is 1. The van der Waals surface area contributed by atoms with Gasteiger partial charge in [-0.15, -0.1) is 5.10 Å². The van der Waals surface area contributed by atoms with Gasteiger partial charge in [0.25, 0.3) is 5.56 Å². The fourth-order valence-corrected chi connectivity index (χ4v) is 3.37. The molecule has 0 atom stereocenters. The van der Waals surface area contributed by atoms with E-state index in [1.165, 1.54) is 0 Å². The van der Waals surface area contributed by atoms with Gasteiger partial charge in [-0.1, -0.05) is 11.6 Å². The molecule has 2 aromatic heterocycles. The molecule has 0 bridgehead atoms. The van der Waals surface area contributed by atoms with Gasteiger partial charge in [0, 0.05) is 18.0 Å². The minimum absolute atomic E-state index is 0.0595. The number of aromatic nitrogens is 3. The first-order valence-corrected chi connectivity index (χ1v) is 7.57. The molecule has 0 saturated carbocycles. The Morgan fingerprint density at radius 2 is 1.90 bits per heavy atom. The predicted molar refractivity (Wildman–Crippen MR) is 84.0 cm³/mol. The molecule has 1 fully saturated rings. The maximum absolute atomic E-state index is 12.7. The quantitative estimate of drug-likeness (QED) is 0.809. The molecule has 2 aromatic rings. The molecule has 0 radical (unpaired) electrons. The zero-order chi connectivity index (χ0) is 15.1. The van der Waals surface area contributed by atoms with Gasteiger partial charge in [0.05, 0.1) is 11.2 Å². The molecule has 0 aromatic carbocycles. The lowest BCUT2D eigenvalue weighted by Crippen LogP contribution is -2.33. The van der Waals surface area contributed by atoms with Gasteiger partial charge in [-0.25, -0.2) is 0 Å². The molecule has 21 heavy (non-hydrogen) atoms. The molecule has 0 unspecified atom stereocenters. The maximum atomic E-state index is 12.7. The van der Waals surface area contributed by atoms with E-state index in [0.29, 0.717) is 11.1 Å². The van der Waals surface area contributed by atoms with Crippen molar-refractivity contribution in [2.45, 2.75) is 25.7 Å². The van der Waals surface area contributed by atoms with E-state index >= 15 is 0 Å². The predicted octanol–water partition coefficient (Wildman–Crippen LogP) is 2.10. The molecule has 5 nitrogen and oxygen atoms in total. The number of nitrogens with zero attached hydrogens (tertiary/aromatic N) is 4. The normalized spacial score (nSPS) is 17.5. The number of hydrogen-bond acceptors (Lipinski definition) is 4. The second kappa shape index (κ2) is 5.39. The van der Waals surface area contributed by atoms with Gasteiger partial charge in [-0.3, -0.25) is 4.79 Å². The van der Waals surface area contributed by atoms with E-state index in [-0.39, 0.29) is 5.56 Å². The van der Waals surface area contributed by atoms with Crippen LogP contribution < -0.4 is 5.56 Å². The van der Waals surface area contributed by atoms with Gasteiger partial charge in [-0.2, -0.15) is 5.10 Å².